The molecule has 1 unspecified atom stereocenters. The van der Waals surface area contributed by atoms with Gasteiger partial charge in [-0.1, -0.05) is 35.3 Å². The zero-order chi connectivity index (χ0) is 22.0. The summed E-state index contributed by atoms with van der Waals surface area (Å²) in [6.45, 7) is 4.97. The summed E-state index contributed by atoms with van der Waals surface area (Å²) < 4.78 is 5.18. The highest BCUT2D eigenvalue weighted by atomic mass is 35.5. The van der Waals surface area contributed by atoms with E-state index in [-0.39, 0.29) is 39.0 Å². The second-order valence-corrected chi connectivity index (χ2v) is 7.19. The van der Waals surface area contributed by atoms with Crippen molar-refractivity contribution in [1.29, 1.82) is 0 Å². The lowest BCUT2D eigenvalue weighted by molar-refractivity contribution is -0.123. The van der Waals surface area contributed by atoms with Gasteiger partial charge in [-0.2, -0.15) is 0 Å². The van der Waals surface area contributed by atoms with Crippen LogP contribution in [0.4, 0.5) is 5.69 Å². The van der Waals surface area contributed by atoms with Crippen LogP contribution in [0.5, 0.6) is 0 Å². The molecular weight excluding hydrogens is 431 g/mol. The van der Waals surface area contributed by atoms with Crippen LogP contribution >= 0.6 is 23.2 Å². The normalized spacial score (nSPS) is 13.6. The van der Waals surface area contributed by atoms with E-state index in [1.54, 1.807) is 18.2 Å². The van der Waals surface area contributed by atoms with Crippen LogP contribution in [-0.4, -0.2) is 41.2 Å². The summed E-state index contributed by atoms with van der Waals surface area (Å²) in [4.78, 5) is 50.4. The number of halogens is 2. The molecule has 0 bridgehead atoms. The lowest BCUT2D eigenvalue weighted by Crippen LogP contribution is -2.30. The van der Waals surface area contributed by atoms with Crippen molar-refractivity contribution in [2.75, 3.05) is 11.9 Å². The molecule has 1 heterocycles. The zero-order valence-electron chi connectivity index (χ0n) is 15.8. The van der Waals surface area contributed by atoms with Crippen molar-refractivity contribution in [3.8, 4) is 0 Å². The van der Waals surface area contributed by atoms with E-state index in [2.05, 4.69) is 11.9 Å². The molecule has 30 heavy (non-hydrogen) atoms. The Morgan fingerprint density at radius 2 is 1.87 bits per heavy atom. The third kappa shape index (κ3) is 4.08. The standard InChI is InChI=1S/C21H16Cl2N2O5/c1-3-9-25-19(27)13-8-7-12(10-14(13)20(25)28)21(29)30-11(2)18(26)24-16-6-4-5-15(22)17(16)23/h3-8,10-11H,1,9H2,2H3,(H,24,26). The molecule has 3 rings (SSSR count). The Hall–Kier alpha value is -3.16. The number of hydrogen-bond donors (Lipinski definition) is 1. The maximum atomic E-state index is 12.5. The number of hydrogen-bond acceptors (Lipinski definition) is 5. The van der Waals surface area contributed by atoms with E-state index in [0.717, 1.165) is 4.90 Å². The third-order valence-corrected chi connectivity index (χ3v) is 5.20. The Morgan fingerprint density at radius 1 is 1.17 bits per heavy atom. The SMILES string of the molecule is C=CCN1C(=O)c2ccc(C(=O)OC(C)C(=O)Nc3cccc(Cl)c3Cl)cc2C1=O. The summed E-state index contributed by atoms with van der Waals surface area (Å²) in [7, 11) is 0. The quantitative estimate of drug-likeness (QED) is 0.411. The highest BCUT2D eigenvalue weighted by Crippen LogP contribution is 2.30. The number of carbonyl (C=O) groups excluding carboxylic acids is 4. The van der Waals surface area contributed by atoms with Crippen LogP contribution in [-0.2, 0) is 9.53 Å². The molecule has 1 N–H and O–H groups in total. The Kier molecular flexibility index (Phi) is 6.24. The summed E-state index contributed by atoms with van der Waals surface area (Å²) >= 11 is 11.9. The highest BCUT2D eigenvalue weighted by molar-refractivity contribution is 6.44. The van der Waals surface area contributed by atoms with Crippen molar-refractivity contribution in [1.82, 2.24) is 4.90 Å². The fraction of sp³-hybridized carbons (Fsp3) is 0.143. The van der Waals surface area contributed by atoms with E-state index >= 15 is 0 Å². The van der Waals surface area contributed by atoms with Gasteiger partial charge in [0.25, 0.3) is 17.7 Å². The second-order valence-electron chi connectivity index (χ2n) is 6.41. The van der Waals surface area contributed by atoms with Gasteiger partial charge >= 0.3 is 5.97 Å². The van der Waals surface area contributed by atoms with E-state index < -0.39 is 29.8 Å². The van der Waals surface area contributed by atoms with Gasteiger partial charge in [-0.15, -0.1) is 6.58 Å². The van der Waals surface area contributed by atoms with Crippen LogP contribution in [0.15, 0.2) is 49.1 Å². The zero-order valence-corrected chi connectivity index (χ0v) is 17.3. The van der Waals surface area contributed by atoms with Crippen LogP contribution in [0.1, 0.15) is 38.0 Å². The summed E-state index contributed by atoms with van der Waals surface area (Å²) in [5.41, 5.74) is 0.607. The van der Waals surface area contributed by atoms with E-state index in [9.17, 15) is 19.2 Å². The van der Waals surface area contributed by atoms with E-state index in [4.69, 9.17) is 27.9 Å². The van der Waals surface area contributed by atoms with Crippen molar-refractivity contribution in [2.24, 2.45) is 0 Å². The highest BCUT2D eigenvalue weighted by Gasteiger charge is 2.35. The number of imide groups is 1. The number of carbonyl (C=O) groups is 4. The maximum Gasteiger partial charge on any atom is 0.338 e. The number of esters is 1. The van der Waals surface area contributed by atoms with Crippen LogP contribution in [0.3, 0.4) is 0 Å². The molecule has 2 aromatic carbocycles. The predicted molar refractivity (Wildman–Crippen MR) is 112 cm³/mol. The molecule has 3 amide bonds. The second kappa shape index (κ2) is 8.69. The molecule has 1 aliphatic rings. The van der Waals surface area contributed by atoms with Gasteiger partial charge < -0.3 is 10.1 Å². The van der Waals surface area contributed by atoms with Gasteiger partial charge in [0.2, 0.25) is 0 Å². The molecule has 1 aliphatic heterocycles. The van der Waals surface area contributed by atoms with Crippen LogP contribution in [0, 0.1) is 0 Å². The van der Waals surface area contributed by atoms with Crippen LogP contribution in [0.2, 0.25) is 10.0 Å². The number of fused-ring (bicyclic) bond motifs is 1. The smallest absolute Gasteiger partial charge is 0.338 e. The molecule has 9 heteroatoms. The minimum absolute atomic E-state index is 0.0378. The largest absolute Gasteiger partial charge is 0.449 e. The average Bonchev–Trinajstić information content (AvgIpc) is 2.96. The molecule has 7 nitrogen and oxygen atoms in total. The summed E-state index contributed by atoms with van der Waals surface area (Å²) in [6, 6.07) is 8.75. The van der Waals surface area contributed by atoms with Crippen LogP contribution < -0.4 is 5.32 Å². The number of anilines is 1. The fourth-order valence-electron chi connectivity index (χ4n) is 2.83. The Balaban J connectivity index is 1.71. The molecular formula is C21H16Cl2N2O5. The summed E-state index contributed by atoms with van der Waals surface area (Å²) in [6.07, 6.45) is 0.277. The number of ether oxygens (including phenoxy) is 1. The van der Waals surface area contributed by atoms with E-state index in [1.807, 2.05) is 0 Å². The van der Waals surface area contributed by atoms with Gasteiger partial charge in [-0.25, -0.2) is 4.79 Å². The van der Waals surface area contributed by atoms with Crippen molar-refractivity contribution in [3.05, 3.63) is 75.8 Å². The first kappa shape index (κ1) is 21.5. The first-order chi connectivity index (χ1) is 14.2. The van der Waals surface area contributed by atoms with Crippen molar-refractivity contribution < 1.29 is 23.9 Å². The van der Waals surface area contributed by atoms with Crippen LogP contribution in [0.25, 0.3) is 0 Å². The molecule has 154 valence electrons. The molecule has 0 fully saturated rings. The number of nitrogens with one attached hydrogen (secondary N) is 1. The summed E-state index contributed by atoms with van der Waals surface area (Å²) in [5.74, 6) is -2.41. The van der Waals surface area contributed by atoms with Gasteiger partial charge in [0.1, 0.15) is 0 Å². The van der Waals surface area contributed by atoms with Crippen molar-refractivity contribution in [3.63, 3.8) is 0 Å². The number of nitrogens with zero attached hydrogens (tertiary/aromatic N) is 1. The van der Waals surface area contributed by atoms with E-state index in [0.29, 0.717) is 0 Å². The summed E-state index contributed by atoms with van der Waals surface area (Å²) in [5, 5.41) is 2.96. The molecule has 0 saturated heterocycles. The lowest BCUT2D eigenvalue weighted by atomic mass is 10.1. The van der Waals surface area contributed by atoms with Gasteiger partial charge in [-0.3, -0.25) is 19.3 Å². The number of rotatable bonds is 6. The monoisotopic (exact) mass is 446 g/mol. The van der Waals surface area contributed by atoms with Crippen molar-refractivity contribution in [2.45, 2.75) is 13.0 Å². The molecule has 0 spiro atoms. The average molecular weight is 447 g/mol. The first-order valence-electron chi connectivity index (χ1n) is 8.81. The third-order valence-electron chi connectivity index (χ3n) is 4.38. The van der Waals surface area contributed by atoms with Crippen molar-refractivity contribution >= 4 is 52.6 Å². The molecule has 2 aromatic rings. The minimum Gasteiger partial charge on any atom is -0.449 e. The first-order valence-corrected chi connectivity index (χ1v) is 9.57. The molecule has 0 aliphatic carbocycles. The predicted octanol–water partition coefficient (Wildman–Crippen LogP) is 3.96. The van der Waals surface area contributed by atoms with Gasteiger partial charge in [0.05, 0.1) is 32.4 Å². The van der Waals surface area contributed by atoms with E-state index in [1.165, 1.54) is 31.2 Å². The Morgan fingerprint density at radius 3 is 2.57 bits per heavy atom. The Labute approximate surface area is 182 Å². The van der Waals surface area contributed by atoms with Gasteiger partial charge in [0.15, 0.2) is 6.10 Å². The molecule has 1 atom stereocenters. The minimum atomic E-state index is -1.16. The van der Waals surface area contributed by atoms with Gasteiger partial charge in [-0.05, 0) is 37.3 Å². The number of benzene rings is 2. The molecule has 0 aromatic heterocycles. The lowest BCUT2D eigenvalue weighted by Gasteiger charge is -2.14. The van der Waals surface area contributed by atoms with Gasteiger partial charge in [0, 0.05) is 6.54 Å². The number of amides is 3. The molecule has 0 radical (unpaired) electrons. The topological polar surface area (TPSA) is 92.8 Å². The molecule has 0 saturated carbocycles. The fourth-order valence-corrected chi connectivity index (χ4v) is 3.18. The Bertz CT molecular complexity index is 1080. The maximum absolute atomic E-state index is 12.5.